The summed E-state index contributed by atoms with van der Waals surface area (Å²) in [5.74, 6) is 1.20. The first-order valence-corrected chi connectivity index (χ1v) is 4.56. The highest BCUT2D eigenvalue weighted by atomic mass is 32.1. The molecule has 0 aliphatic heterocycles. The van der Waals surface area contributed by atoms with Gasteiger partial charge in [0.2, 0.25) is 0 Å². The quantitative estimate of drug-likeness (QED) is 0.498. The molecule has 0 amide bonds. The summed E-state index contributed by atoms with van der Waals surface area (Å²) in [6.45, 7) is 0. The Morgan fingerprint density at radius 2 is 1.18 bits per heavy atom. The van der Waals surface area contributed by atoms with Gasteiger partial charge in [-0.05, 0) is 24.3 Å². The monoisotopic (exact) mass is 198 g/mol. The number of hydrogen-bond acceptors (Lipinski definition) is 4. The topological polar surface area (TPSA) is 40.5 Å². The van der Waals surface area contributed by atoms with Gasteiger partial charge in [-0.1, -0.05) is 7.43 Å². The van der Waals surface area contributed by atoms with Gasteiger partial charge >= 0.3 is 0 Å². The molecule has 0 aromatic heterocycles. The summed E-state index contributed by atoms with van der Waals surface area (Å²) < 4.78 is 0. The fraction of sp³-hybridized carbons (Fsp3) is 1.00. The average molecular weight is 198 g/mol. The van der Waals surface area contributed by atoms with Gasteiger partial charge in [0.25, 0.3) is 0 Å². The Bertz CT molecular complexity index is 70.8. The molecule has 70 valence electrons. The van der Waals surface area contributed by atoms with Crippen LogP contribution in [0.4, 0.5) is 0 Å². The van der Waals surface area contributed by atoms with Crippen molar-refractivity contribution < 1.29 is 10.2 Å². The molecule has 0 spiro atoms. The summed E-state index contributed by atoms with van der Waals surface area (Å²) >= 11 is 7.86. The Hall–Kier alpha value is 0.620. The molecule has 0 rings (SSSR count). The SMILES string of the molecule is C.OC(CCS)C(O)CCS. The van der Waals surface area contributed by atoms with E-state index in [1.54, 1.807) is 0 Å². The first kappa shape index (κ1) is 14.2. The molecule has 2 N–H and O–H groups in total. The van der Waals surface area contributed by atoms with Crippen molar-refractivity contribution in [3.8, 4) is 0 Å². The third-order valence-electron chi connectivity index (χ3n) is 1.29. The van der Waals surface area contributed by atoms with Crippen LogP contribution in [0.15, 0.2) is 0 Å². The van der Waals surface area contributed by atoms with E-state index in [4.69, 9.17) is 10.2 Å². The van der Waals surface area contributed by atoms with Crippen LogP contribution in [0.2, 0.25) is 0 Å². The molecule has 0 saturated heterocycles. The standard InChI is InChI=1S/C6H14O2S2.CH4/c7-5(1-3-9)6(8)2-4-10;/h5-10H,1-4H2;1H4. The van der Waals surface area contributed by atoms with E-state index in [2.05, 4.69) is 25.3 Å². The molecule has 0 bridgehead atoms. The van der Waals surface area contributed by atoms with Crippen LogP contribution in [0.5, 0.6) is 0 Å². The van der Waals surface area contributed by atoms with Crippen molar-refractivity contribution in [2.24, 2.45) is 0 Å². The summed E-state index contributed by atoms with van der Waals surface area (Å²) in [7, 11) is 0. The maximum Gasteiger partial charge on any atom is 0.0807 e. The van der Waals surface area contributed by atoms with Crippen molar-refractivity contribution in [1.29, 1.82) is 0 Å². The number of aliphatic hydroxyl groups is 2. The number of rotatable bonds is 5. The molecule has 0 fully saturated rings. The highest BCUT2D eigenvalue weighted by Crippen LogP contribution is 2.04. The van der Waals surface area contributed by atoms with Gasteiger partial charge in [-0.3, -0.25) is 0 Å². The number of hydrogen-bond donors (Lipinski definition) is 4. The molecule has 0 aliphatic rings. The minimum atomic E-state index is -0.635. The summed E-state index contributed by atoms with van der Waals surface area (Å²) in [6.07, 6.45) is -0.190. The number of thiol groups is 2. The molecule has 11 heavy (non-hydrogen) atoms. The lowest BCUT2D eigenvalue weighted by atomic mass is 10.1. The Morgan fingerprint density at radius 3 is 1.36 bits per heavy atom. The normalized spacial score (nSPS) is 15.3. The van der Waals surface area contributed by atoms with Crippen LogP contribution in [-0.2, 0) is 0 Å². The van der Waals surface area contributed by atoms with Gasteiger partial charge in [0, 0.05) is 0 Å². The summed E-state index contributed by atoms with van der Waals surface area (Å²) in [4.78, 5) is 0. The van der Waals surface area contributed by atoms with E-state index in [0.717, 1.165) is 0 Å². The van der Waals surface area contributed by atoms with Crippen LogP contribution in [0.1, 0.15) is 20.3 Å². The van der Waals surface area contributed by atoms with Crippen LogP contribution in [0.3, 0.4) is 0 Å². The molecule has 2 nitrogen and oxygen atoms in total. The zero-order valence-corrected chi connectivity index (χ0v) is 7.56. The second kappa shape index (κ2) is 8.71. The first-order valence-electron chi connectivity index (χ1n) is 3.30. The Balaban J connectivity index is 0. The predicted molar refractivity (Wildman–Crippen MR) is 55.7 cm³/mol. The average Bonchev–Trinajstić information content (AvgIpc) is 1.89. The van der Waals surface area contributed by atoms with Gasteiger partial charge in [-0.2, -0.15) is 25.3 Å². The lowest BCUT2D eigenvalue weighted by Gasteiger charge is -2.15. The van der Waals surface area contributed by atoms with Gasteiger partial charge in [-0.15, -0.1) is 0 Å². The smallest absolute Gasteiger partial charge is 0.0807 e. The lowest BCUT2D eigenvalue weighted by molar-refractivity contribution is 0.0172. The third kappa shape index (κ3) is 7.00. The van der Waals surface area contributed by atoms with E-state index in [-0.39, 0.29) is 7.43 Å². The zero-order valence-electron chi connectivity index (χ0n) is 5.77. The Kier molecular flexibility index (Phi) is 11.2. The maximum absolute atomic E-state index is 9.12. The van der Waals surface area contributed by atoms with E-state index < -0.39 is 12.2 Å². The minimum absolute atomic E-state index is 0. The molecule has 0 saturated carbocycles. The number of aliphatic hydroxyl groups excluding tert-OH is 2. The van der Waals surface area contributed by atoms with Crippen molar-refractivity contribution >= 4 is 25.3 Å². The molecule has 2 atom stereocenters. The van der Waals surface area contributed by atoms with Gasteiger partial charge in [0.05, 0.1) is 12.2 Å². The van der Waals surface area contributed by atoms with E-state index in [9.17, 15) is 0 Å². The van der Waals surface area contributed by atoms with Crippen molar-refractivity contribution in [2.75, 3.05) is 11.5 Å². The fourth-order valence-corrected chi connectivity index (χ4v) is 1.18. The van der Waals surface area contributed by atoms with Crippen LogP contribution >= 0.6 is 25.3 Å². The van der Waals surface area contributed by atoms with Gasteiger partial charge in [0.15, 0.2) is 0 Å². The molecule has 0 aliphatic carbocycles. The Labute approximate surface area is 79.8 Å². The van der Waals surface area contributed by atoms with Gasteiger partial charge in [0.1, 0.15) is 0 Å². The summed E-state index contributed by atoms with van der Waals surface area (Å²) in [5.41, 5.74) is 0. The second-order valence-electron chi connectivity index (χ2n) is 2.16. The van der Waals surface area contributed by atoms with Crippen molar-refractivity contribution in [2.45, 2.75) is 32.5 Å². The van der Waals surface area contributed by atoms with E-state index in [1.165, 1.54) is 0 Å². The molecule has 2 unspecified atom stereocenters. The molecular weight excluding hydrogens is 180 g/mol. The first-order chi connectivity index (χ1) is 4.72. The molecule has 0 heterocycles. The van der Waals surface area contributed by atoms with Gasteiger partial charge in [-0.25, -0.2) is 0 Å². The highest BCUT2D eigenvalue weighted by molar-refractivity contribution is 7.80. The van der Waals surface area contributed by atoms with Crippen molar-refractivity contribution in [3.05, 3.63) is 0 Å². The maximum atomic E-state index is 9.12. The lowest BCUT2D eigenvalue weighted by Crippen LogP contribution is -2.26. The second-order valence-corrected chi connectivity index (χ2v) is 3.05. The Morgan fingerprint density at radius 1 is 0.909 bits per heavy atom. The van der Waals surface area contributed by atoms with E-state index in [0.29, 0.717) is 24.3 Å². The van der Waals surface area contributed by atoms with E-state index in [1.807, 2.05) is 0 Å². The van der Waals surface area contributed by atoms with E-state index >= 15 is 0 Å². The van der Waals surface area contributed by atoms with Gasteiger partial charge < -0.3 is 10.2 Å². The molecule has 4 heteroatoms. The van der Waals surface area contributed by atoms with Crippen LogP contribution < -0.4 is 0 Å². The van der Waals surface area contributed by atoms with Crippen LogP contribution in [0, 0.1) is 0 Å². The molecule has 0 radical (unpaired) electrons. The predicted octanol–water partition coefficient (Wildman–Crippen LogP) is 0.984. The third-order valence-corrected chi connectivity index (χ3v) is 1.81. The highest BCUT2D eigenvalue weighted by Gasteiger charge is 2.13. The minimum Gasteiger partial charge on any atom is -0.390 e. The zero-order chi connectivity index (χ0) is 7.98. The summed E-state index contributed by atoms with van der Waals surface area (Å²) in [5, 5.41) is 18.2. The molecule has 0 aromatic rings. The van der Waals surface area contributed by atoms with Crippen LogP contribution in [0.25, 0.3) is 0 Å². The summed E-state index contributed by atoms with van der Waals surface area (Å²) in [6, 6.07) is 0. The van der Waals surface area contributed by atoms with Crippen LogP contribution in [-0.4, -0.2) is 33.9 Å². The molecular formula is C7H18O2S2. The van der Waals surface area contributed by atoms with Crippen molar-refractivity contribution in [3.63, 3.8) is 0 Å². The molecule has 0 aromatic carbocycles. The van der Waals surface area contributed by atoms with Crippen molar-refractivity contribution in [1.82, 2.24) is 0 Å². The largest absolute Gasteiger partial charge is 0.390 e. The fourth-order valence-electron chi connectivity index (χ4n) is 0.649.